The van der Waals surface area contributed by atoms with Crippen molar-refractivity contribution in [3.05, 3.63) is 48.3 Å². The summed E-state index contributed by atoms with van der Waals surface area (Å²) in [6.07, 6.45) is 3.69. The molecule has 0 bridgehead atoms. The lowest BCUT2D eigenvalue weighted by Gasteiger charge is -2.05. The Kier molecular flexibility index (Phi) is 2.47. The predicted octanol–water partition coefficient (Wildman–Crippen LogP) is 3.72. The third kappa shape index (κ3) is 1.46. The molecule has 0 saturated carbocycles. The fourth-order valence-electron chi connectivity index (χ4n) is 1.93. The highest BCUT2D eigenvalue weighted by molar-refractivity contribution is 14.1. The van der Waals surface area contributed by atoms with Crippen molar-refractivity contribution >= 4 is 44.4 Å². The van der Waals surface area contributed by atoms with Gasteiger partial charge in [0, 0.05) is 27.6 Å². The maximum absolute atomic E-state index is 4.45. The number of halogens is 1. The van der Waals surface area contributed by atoms with E-state index in [-0.39, 0.29) is 0 Å². The van der Waals surface area contributed by atoms with Gasteiger partial charge in [-0.25, -0.2) is 0 Å². The molecule has 0 radical (unpaired) electrons. The summed E-state index contributed by atoms with van der Waals surface area (Å²) in [6, 6.07) is 10.3. The Labute approximate surface area is 107 Å². The molecule has 0 atom stereocenters. The molecule has 0 aliphatic carbocycles. The van der Waals surface area contributed by atoms with Gasteiger partial charge < -0.3 is 0 Å². The average Bonchev–Trinajstić information content (AvgIpc) is 2.37. The van der Waals surface area contributed by atoms with Crippen molar-refractivity contribution in [3.63, 3.8) is 0 Å². The molecule has 16 heavy (non-hydrogen) atoms. The lowest BCUT2D eigenvalue weighted by molar-refractivity contribution is 1.35. The van der Waals surface area contributed by atoms with Gasteiger partial charge >= 0.3 is 0 Å². The highest BCUT2D eigenvalue weighted by Gasteiger charge is 2.05. The van der Waals surface area contributed by atoms with E-state index in [4.69, 9.17) is 0 Å². The van der Waals surface area contributed by atoms with E-state index in [1.54, 1.807) is 0 Å². The minimum Gasteiger partial charge on any atom is -0.254 e. The van der Waals surface area contributed by atoms with Crippen LogP contribution in [0.4, 0.5) is 0 Å². The van der Waals surface area contributed by atoms with Crippen LogP contribution in [-0.4, -0.2) is 9.97 Å². The number of alkyl halides is 1. The Balaban J connectivity index is 2.52. The van der Waals surface area contributed by atoms with Gasteiger partial charge in [-0.05, 0) is 17.7 Å². The summed E-state index contributed by atoms with van der Waals surface area (Å²) in [7, 11) is 0. The number of rotatable bonds is 1. The van der Waals surface area contributed by atoms with Gasteiger partial charge in [-0.2, -0.15) is 0 Å². The van der Waals surface area contributed by atoms with E-state index < -0.39 is 0 Å². The van der Waals surface area contributed by atoms with Crippen LogP contribution in [0.3, 0.4) is 0 Å². The molecule has 0 N–H and O–H groups in total. The first kappa shape index (κ1) is 9.96. The van der Waals surface area contributed by atoms with Gasteiger partial charge in [0.2, 0.25) is 0 Å². The lowest BCUT2D eigenvalue weighted by atomic mass is 10.1. The molecule has 3 aromatic rings. The third-order valence-corrected chi connectivity index (χ3v) is 3.54. The zero-order valence-electron chi connectivity index (χ0n) is 8.52. The first-order valence-corrected chi connectivity index (χ1v) is 6.60. The fraction of sp³-hybridized carbons (Fsp3) is 0.0769. The highest BCUT2D eigenvalue weighted by Crippen LogP contribution is 2.25. The number of fused-ring (bicyclic) bond motifs is 3. The monoisotopic (exact) mass is 320 g/mol. The second kappa shape index (κ2) is 3.97. The van der Waals surface area contributed by atoms with Crippen molar-refractivity contribution in [3.8, 4) is 0 Å². The van der Waals surface area contributed by atoms with E-state index in [1.165, 1.54) is 10.9 Å². The predicted molar refractivity (Wildman–Crippen MR) is 74.8 cm³/mol. The van der Waals surface area contributed by atoms with Crippen LogP contribution in [0.2, 0.25) is 0 Å². The van der Waals surface area contributed by atoms with Gasteiger partial charge in [0.25, 0.3) is 0 Å². The third-order valence-electron chi connectivity index (χ3n) is 2.72. The molecule has 1 aromatic carbocycles. The molecule has 0 aliphatic rings. The van der Waals surface area contributed by atoms with Crippen molar-refractivity contribution < 1.29 is 0 Å². The molecule has 0 fully saturated rings. The second-order valence-electron chi connectivity index (χ2n) is 3.64. The van der Waals surface area contributed by atoms with Crippen molar-refractivity contribution in [2.75, 3.05) is 0 Å². The number of aromatic nitrogens is 2. The van der Waals surface area contributed by atoms with Crippen LogP contribution in [0.1, 0.15) is 5.56 Å². The molecule has 2 heterocycles. The van der Waals surface area contributed by atoms with Gasteiger partial charge in [0.1, 0.15) is 0 Å². The molecular formula is C13H9IN2. The quantitative estimate of drug-likeness (QED) is 0.388. The summed E-state index contributed by atoms with van der Waals surface area (Å²) in [5.41, 5.74) is 3.32. The number of pyridine rings is 2. The molecule has 3 heteroatoms. The van der Waals surface area contributed by atoms with E-state index in [1.807, 2.05) is 18.5 Å². The molecule has 3 rings (SSSR count). The van der Waals surface area contributed by atoms with Crippen LogP contribution < -0.4 is 0 Å². The van der Waals surface area contributed by atoms with E-state index in [0.717, 1.165) is 20.8 Å². The Bertz CT molecular complexity index is 664. The zero-order chi connectivity index (χ0) is 11.0. The Morgan fingerprint density at radius 2 is 1.81 bits per heavy atom. The highest BCUT2D eigenvalue weighted by atomic mass is 127. The van der Waals surface area contributed by atoms with Gasteiger partial charge in [0.05, 0.1) is 11.0 Å². The van der Waals surface area contributed by atoms with Crippen molar-refractivity contribution in [2.45, 2.75) is 4.43 Å². The number of hydrogen-bond acceptors (Lipinski definition) is 2. The fourth-order valence-corrected chi connectivity index (χ4v) is 2.59. The summed E-state index contributed by atoms with van der Waals surface area (Å²) in [5, 5.41) is 2.36. The van der Waals surface area contributed by atoms with Gasteiger partial charge in [-0.3, -0.25) is 9.97 Å². The minimum absolute atomic E-state index is 0.992. The molecule has 2 nitrogen and oxygen atoms in total. The first-order chi connectivity index (χ1) is 7.90. The van der Waals surface area contributed by atoms with Crippen molar-refractivity contribution in [2.24, 2.45) is 0 Å². The Morgan fingerprint density at radius 3 is 2.69 bits per heavy atom. The summed E-state index contributed by atoms with van der Waals surface area (Å²) in [6.45, 7) is 0. The topological polar surface area (TPSA) is 25.8 Å². The number of hydrogen-bond donors (Lipinski definition) is 0. The van der Waals surface area contributed by atoms with E-state index in [0.29, 0.717) is 0 Å². The van der Waals surface area contributed by atoms with Crippen LogP contribution in [0, 0.1) is 0 Å². The minimum atomic E-state index is 0.992. The first-order valence-electron chi connectivity index (χ1n) is 5.07. The normalized spacial score (nSPS) is 11.1. The Hall–Kier alpha value is -1.23. The summed E-state index contributed by atoms with van der Waals surface area (Å²) < 4.78 is 0.995. The summed E-state index contributed by atoms with van der Waals surface area (Å²) in [5.74, 6) is 0. The number of nitrogens with zero attached hydrogens (tertiary/aromatic N) is 2. The van der Waals surface area contributed by atoms with Crippen molar-refractivity contribution in [1.82, 2.24) is 9.97 Å². The summed E-state index contributed by atoms with van der Waals surface area (Å²) in [4.78, 5) is 8.87. The zero-order valence-corrected chi connectivity index (χ0v) is 10.7. The van der Waals surface area contributed by atoms with Crippen LogP contribution in [0.15, 0.2) is 42.7 Å². The van der Waals surface area contributed by atoms with Crippen LogP contribution in [0.5, 0.6) is 0 Å². The molecule has 2 aromatic heterocycles. The smallest absolute Gasteiger partial charge is 0.0967 e. The van der Waals surface area contributed by atoms with E-state index >= 15 is 0 Å². The molecular weight excluding hydrogens is 311 g/mol. The van der Waals surface area contributed by atoms with Crippen molar-refractivity contribution in [1.29, 1.82) is 0 Å². The Morgan fingerprint density at radius 1 is 0.938 bits per heavy atom. The molecule has 0 spiro atoms. The lowest BCUT2D eigenvalue weighted by Crippen LogP contribution is -1.88. The molecule has 0 unspecified atom stereocenters. The molecule has 0 amide bonds. The van der Waals surface area contributed by atoms with Crippen LogP contribution in [0.25, 0.3) is 21.8 Å². The standard InChI is InChI=1S/C13H9IN2/c14-8-10-5-7-16-13-11(10)4-3-9-2-1-6-15-12(9)13/h1-7H,8H2. The number of benzene rings is 1. The molecule has 0 saturated heterocycles. The van der Waals surface area contributed by atoms with E-state index in [9.17, 15) is 0 Å². The van der Waals surface area contributed by atoms with Crippen LogP contribution in [-0.2, 0) is 4.43 Å². The largest absolute Gasteiger partial charge is 0.254 e. The second-order valence-corrected chi connectivity index (χ2v) is 4.40. The van der Waals surface area contributed by atoms with Gasteiger partial charge in [0.15, 0.2) is 0 Å². The molecule has 0 aliphatic heterocycles. The van der Waals surface area contributed by atoms with Gasteiger partial charge in [-0.1, -0.05) is 40.8 Å². The maximum Gasteiger partial charge on any atom is 0.0967 e. The average molecular weight is 320 g/mol. The van der Waals surface area contributed by atoms with E-state index in [2.05, 4.69) is 56.8 Å². The van der Waals surface area contributed by atoms with Crippen LogP contribution >= 0.6 is 22.6 Å². The van der Waals surface area contributed by atoms with Gasteiger partial charge in [-0.15, -0.1) is 0 Å². The summed E-state index contributed by atoms with van der Waals surface area (Å²) >= 11 is 2.38. The maximum atomic E-state index is 4.45. The SMILES string of the molecule is ICc1ccnc2c1ccc1cccnc12. The molecule has 78 valence electrons.